The van der Waals surface area contributed by atoms with Gasteiger partial charge in [0.25, 0.3) is 0 Å². The van der Waals surface area contributed by atoms with Gasteiger partial charge in [-0.1, -0.05) is 6.07 Å². The molecule has 0 fully saturated rings. The van der Waals surface area contributed by atoms with Crippen molar-refractivity contribution in [3.8, 4) is 11.3 Å². The molecule has 0 spiro atoms. The Morgan fingerprint density at radius 3 is 3.00 bits per heavy atom. The fourth-order valence-corrected chi connectivity index (χ4v) is 1.04. The summed E-state index contributed by atoms with van der Waals surface area (Å²) >= 11 is 0. The van der Waals surface area contributed by atoms with E-state index < -0.39 is 0 Å². The van der Waals surface area contributed by atoms with Crippen molar-refractivity contribution in [2.24, 2.45) is 0 Å². The lowest BCUT2D eigenvalue weighted by atomic mass is 10.1. The summed E-state index contributed by atoms with van der Waals surface area (Å²) < 4.78 is 0. The predicted molar refractivity (Wildman–Crippen MR) is 44.9 cm³/mol. The Bertz CT molecular complexity index is 428. The molecule has 0 bridgehead atoms. The van der Waals surface area contributed by atoms with Crippen LogP contribution in [-0.2, 0) is 0 Å². The van der Waals surface area contributed by atoms with Gasteiger partial charge in [0.05, 0.1) is 5.69 Å². The van der Waals surface area contributed by atoms with Gasteiger partial charge in [-0.25, -0.2) is 0 Å². The van der Waals surface area contributed by atoms with Gasteiger partial charge in [-0.05, 0) is 24.3 Å². The van der Waals surface area contributed by atoms with Crippen LogP contribution in [0.3, 0.4) is 0 Å². The average Bonchev–Trinajstić information content (AvgIpc) is 2.28. The third-order valence-corrected chi connectivity index (χ3v) is 1.59. The Morgan fingerprint density at radius 2 is 2.08 bits per heavy atom. The van der Waals surface area contributed by atoms with Gasteiger partial charge in [-0.15, -0.1) is 0 Å². The molecular formula is C9H6N2O. The van der Waals surface area contributed by atoms with Crippen molar-refractivity contribution in [1.82, 2.24) is 10.2 Å². The first-order valence-electron chi connectivity index (χ1n) is 3.58. The van der Waals surface area contributed by atoms with Gasteiger partial charge < -0.3 is 0 Å². The molecule has 0 unspecified atom stereocenters. The first-order chi connectivity index (χ1) is 5.86. The summed E-state index contributed by atoms with van der Waals surface area (Å²) in [4.78, 5) is 10.9. The van der Waals surface area contributed by atoms with Gasteiger partial charge in [-0.2, -0.15) is 10.2 Å². The van der Waals surface area contributed by atoms with Crippen LogP contribution >= 0.6 is 0 Å². The maximum atomic E-state index is 10.9. The minimum absolute atomic E-state index is 0.00417. The molecule has 0 aromatic carbocycles. The van der Waals surface area contributed by atoms with E-state index in [1.807, 2.05) is 6.07 Å². The normalized spacial score (nSPS) is 10.0. The highest BCUT2D eigenvalue weighted by Gasteiger charge is 1.99. The predicted octanol–water partition coefficient (Wildman–Crippen LogP) is 0.942. The van der Waals surface area contributed by atoms with Gasteiger partial charge in [0.1, 0.15) is 0 Å². The second-order valence-corrected chi connectivity index (χ2v) is 2.44. The van der Waals surface area contributed by atoms with Crippen molar-refractivity contribution in [3.05, 3.63) is 46.8 Å². The zero-order valence-corrected chi connectivity index (χ0v) is 6.27. The van der Waals surface area contributed by atoms with Gasteiger partial charge in [0, 0.05) is 11.8 Å². The Labute approximate surface area is 69.0 Å². The molecule has 0 radical (unpaired) electrons. The van der Waals surface area contributed by atoms with Crippen LogP contribution in [0.4, 0.5) is 0 Å². The number of benzene rings is 1. The second-order valence-electron chi connectivity index (χ2n) is 2.44. The van der Waals surface area contributed by atoms with Crippen LogP contribution in [0.2, 0.25) is 0 Å². The maximum Gasteiger partial charge on any atom is 0.179 e. The van der Waals surface area contributed by atoms with E-state index in [1.54, 1.807) is 24.4 Å². The molecule has 2 aliphatic rings. The van der Waals surface area contributed by atoms with Crippen molar-refractivity contribution in [1.29, 1.82) is 0 Å². The summed E-state index contributed by atoms with van der Waals surface area (Å²) in [7, 11) is 0. The van der Waals surface area contributed by atoms with E-state index >= 15 is 0 Å². The fraction of sp³-hybridized carbons (Fsp3) is 0. The molecule has 0 aromatic heterocycles. The highest BCUT2D eigenvalue weighted by molar-refractivity contribution is 5.58. The molecule has 3 nitrogen and oxygen atoms in total. The molecule has 1 aliphatic heterocycles. The minimum Gasteiger partial charge on any atom is -0.290 e. The summed E-state index contributed by atoms with van der Waals surface area (Å²) in [6, 6.07) is 8.28. The molecule has 58 valence electrons. The van der Waals surface area contributed by atoms with Crippen LogP contribution in [0.15, 0.2) is 41.3 Å². The molecular weight excluding hydrogens is 152 g/mol. The molecule has 0 amide bonds. The van der Waals surface area contributed by atoms with E-state index in [9.17, 15) is 4.79 Å². The first kappa shape index (κ1) is 6.91. The molecule has 1 aliphatic carbocycles. The Balaban J connectivity index is 2.82. The zero-order valence-electron chi connectivity index (χ0n) is 6.27. The molecule has 0 aromatic rings. The van der Waals surface area contributed by atoms with Crippen molar-refractivity contribution >= 4 is 0 Å². The molecule has 0 atom stereocenters. The lowest BCUT2D eigenvalue weighted by molar-refractivity contribution is 1.06. The Hall–Kier alpha value is -1.77. The van der Waals surface area contributed by atoms with Gasteiger partial charge in [0.15, 0.2) is 5.43 Å². The summed E-state index contributed by atoms with van der Waals surface area (Å²) in [6.07, 6.45) is 1.59. The third kappa shape index (κ3) is 1.16. The zero-order chi connectivity index (χ0) is 8.39. The van der Waals surface area contributed by atoms with Crippen LogP contribution < -0.4 is 5.43 Å². The van der Waals surface area contributed by atoms with Gasteiger partial charge >= 0.3 is 0 Å². The van der Waals surface area contributed by atoms with Crippen LogP contribution in [0.25, 0.3) is 11.3 Å². The van der Waals surface area contributed by atoms with E-state index in [-0.39, 0.29) is 5.43 Å². The highest BCUT2D eigenvalue weighted by atomic mass is 16.1. The van der Waals surface area contributed by atoms with Crippen molar-refractivity contribution < 1.29 is 0 Å². The highest BCUT2D eigenvalue weighted by Crippen LogP contribution is 2.12. The lowest BCUT2D eigenvalue weighted by Crippen LogP contribution is -1.97. The fourth-order valence-electron chi connectivity index (χ4n) is 1.04. The topological polar surface area (TPSA) is 42.9 Å². The van der Waals surface area contributed by atoms with E-state index in [0.29, 0.717) is 0 Å². The number of nitrogens with zero attached hydrogens (tertiary/aromatic N) is 2. The summed E-state index contributed by atoms with van der Waals surface area (Å²) in [5.74, 6) is 0. The smallest absolute Gasteiger partial charge is 0.179 e. The molecule has 0 saturated carbocycles. The van der Waals surface area contributed by atoms with E-state index in [1.165, 1.54) is 6.07 Å². The van der Waals surface area contributed by atoms with Gasteiger partial charge in [0.2, 0.25) is 0 Å². The quantitative estimate of drug-likeness (QED) is 0.573. The van der Waals surface area contributed by atoms with Gasteiger partial charge in [-0.3, -0.25) is 4.79 Å². The summed E-state index contributed by atoms with van der Waals surface area (Å²) in [5, 5.41) is 7.65. The SMILES string of the molecule is O=c1ccc2nncccc-2c1. The number of rotatable bonds is 0. The molecule has 0 saturated heterocycles. The largest absolute Gasteiger partial charge is 0.290 e. The molecule has 0 N–H and O–H groups in total. The van der Waals surface area contributed by atoms with Crippen LogP contribution in [0.5, 0.6) is 0 Å². The van der Waals surface area contributed by atoms with Crippen molar-refractivity contribution in [3.63, 3.8) is 0 Å². The number of hydrogen-bond acceptors (Lipinski definition) is 3. The van der Waals surface area contributed by atoms with Crippen LogP contribution in [-0.4, -0.2) is 10.2 Å². The standard InChI is InChI=1S/C9H6N2O/c12-8-3-4-9-7(6-8)2-1-5-10-11-9/h1-6H. The summed E-state index contributed by atoms with van der Waals surface area (Å²) in [6.45, 7) is 0. The van der Waals surface area contributed by atoms with Crippen molar-refractivity contribution in [2.75, 3.05) is 0 Å². The number of fused-ring (bicyclic) bond motifs is 1. The molecule has 3 heteroatoms. The van der Waals surface area contributed by atoms with Crippen molar-refractivity contribution in [2.45, 2.75) is 0 Å². The molecule has 2 rings (SSSR count). The van der Waals surface area contributed by atoms with E-state index in [2.05, 4.69) is 10.2 Å². The first-order valence-corrected chi connectivity index (χ1v) is 3.58. The Kier molecular flexibility index (Phi) is 1.55. The second kappa shape index (κ2) is 2.70. The van der Waals surface area contributed by atoms with E-state index in [4.69, 9.17) is 0 Å². The maximum absolute atomic E-state index is 10.9. The minimum atomic E-state index is -0.00417. The van der Waals surface area contributed by atoms with Crippen LogP contribution in [0.1, 0.15) is 0 Å². The summed E-state index contributed by atoms with van der Waals surface area (Å²) in [5.41, 5.74) is 1.55. The molecule has 12 heavy (non-hydrogen) atoms. The number of hydrogen-bond donors (Lipinski definition) is 0. The monoisotopic (exact) mass is 158 g/mol. The number of aromatic nitrogens is 2. The van der Waals surface area contributed by atoms with E-state index in [0.717, 1.165) is 11.3 Å². The molecule has 1 heterocycles. The average molecular weight is 158 g/mol. The van der Waals surface area contributed by atoms with Crippen LogP contribution in [0, 0.1) is 0 Å². The lowest BCUT2D eigenvalue weighted by Gasteiger charge is -1.93. The third-order valence-electron chi connectivity index (χ3n) is 1.59. The Morgan fingerprint density at radius 1 is 1.17 bits per heavy atom.